The number of carbonyl (C=O) groups excluding carboxylic acids is 1. The first kappa shape index (κ1) is 13.6. The van der Waals surface area contributed by atoms with E-state index in [-0.39, 0.29) is 5.91 Å². The predicted molar refractivity (Wildman–Crippen MR) is 72.4 cm³/mol. The van der Waals surface area contributed by atoms with Gasteiger partial charge in [-0.05, 0) is 43.5 Å². The van der Waals surface area contributed by atoms with Gasteiger partial charge in [-0.25, -0.2) is 0 Å². The highest BCUT2D eigenvalue weighted by molar-refractivity contribution is 5.94. The maximum atomic E-state index is 11.4. The summed E-state index contributed by atoms with van der Waals surface area (Å²) >= 11 is 0. The Hall–Kier alpha value is -1.51. The van der Waals surface area contributed by atoms with Crippen molar-refractivity contribution in [1.82, 2.24) is 5.32 Å². The van der Waals surface area contributed by atoms with Crippen LogP contribution in [-0.4, -0.2) is 19.0 Å². The molecule has 1 rings (SSSR count). The van der Waals surface area contributed by atoms with Gasteiger partial charge in [-0.1, -0.05) is 13.8 Å². The lowest BCUT2D eigenvalue weighted by Gasteiger charge is -2.17. The van der Waals surface area contributed by atoms with Gasteiger partial charge in [-0.3, -0.25) is 4.79 Å². The van der Waals surface area contributed by atoms with Crippen molar-refractivity contribution in [3.05, 3.63) is 29.8 Å². The minimum absolute atomic E-state index is 0.0493. The maximum absolute atomic E-state index is 11.4. The SMILES string of the molecule is CNC(=O)c1ccc(N[C@H](C)CC(C)C)cc1. The normalized spacial score (nSPS) is 12.3. The van der Waals surface area contributed by atoms with E-state index in [2.05, 4.69) is 31.4 Å². The van der Waals surface area contributed by atoms with Crippen molar-refractivity contribution in [1.29, 1.82) is 0 Å². The summed E-state index contributed by atoms with van der Waals surface area (Å²) in [6.45, 7) is 6.60. The molecule has 0 saturated carbocycles. The van der Waals surface area contributed by atoms with Crippen LogP contribution in [0.1, 0.15) is 37.6 Å². The quantitative estimate of drug-likeness (QED) is 0.822. The Morgan fingerprint density at radius 3 is 2.24 bits per heavy atom. The summed E-state index contributed by atoms with van der Waals surface area (Å²) in [7, 11) is 1.64. The van der Waals surface area contributed by atoms with E-state index in [9.17, 15) is 4.79 Å². The molecule has 3 nitrogen and oxygen atoms in total. The van der Waals surface area contributed by atoms with E-state index in [1.54, 1.807) is 7.05 Å². The summed E-state index contributed by atoms with van der Waals surface area (Å²) in [6, 6.07) is 8.01. The third-order valence-electron chi connectivity index (χ3n) is 2.61. The van der Waals surface area contributed by atoms with Crippen LogP contribution in [0.3, 0.4) is 0 Å². The molecule has 0 heterocycles. The molecule has 0 spiro atoms. The first-order valence-electron chi connectivity index (χ1n) is 6.11. The Bertz CT molecular complexity index is 357. The van der Waals surface area contributed by atoms with Crippen LogP contribution < -0.4 is 10.6 Å². The third-order valence-corrected chi connectivity index (χ3v) is 2.61. The zero-order valence-corrected chi connectivity index (χ0v) is 11.1. The summed E-state index contributed by atoms with van der Waals surface area (Å²) in [6.07, 6.45) is 1.14. The first-order valence-corrected chi connectivity index (χ1v) is 6.11. The summed E-state index contributed by atoms with van der Waals surface area (Å²) in [5.41, 5.74) is 1.75. The van der Waals surface area contributed by atoms with E-state index in [4.69, 9.17) is 0 Å². The Balaban J connectivity index is 2.59. The molecule has 0 unspecified atom stereocenters. The number of hydrogen-bond donors (Lipinski definition) is 2. The second kappa shape index (κ2) is 6.28. The Labute approximate surface area is 104 Å². The van der Waals surface area contributed by atoms with Crippen LogP contribution >= 0.6 is 0 Å². The molecule has 0 radical (unpaired) electrons. The Morgan fingerprint density at radius 2 is 1.76 bits per heavy atom. The van der Waals surface area contributed by atoms with Crippen LogP contribution in [-0.2, 0) is 0 Å². The molecule has 1 aromatic carbocycles. The van der Waals surface area contributed by atoms with Crippen LogP contribution in [0.15, 0.2) is 24.3 Å². The lowest BCUT2D eigenvalue weighted by Crippen LogP contribution is -2.19. The van der Waals surface area contributed by atoms with Crippen LogP contribution in [0, 0.1) is 5.92 Å². The fourth-order valence-corrected chi connectivity index (χ4v) is 1.91. The van der Waals surface area contributed by atoms with Crippen LogP contribution in [0.25, 0.3) is 0 Å². The average Bonchev–Trinajstić information content (AvgIpc) is 2.28. The van der Waals surface area contributed by atoms with Crippen LogP contribution in [0.2, 0.25) is 0 Å². The van der Waals surface area contributed by atoms with Gasteiger partial charge in [0.25, 0.3) is 5.91 Å². The number of carbonyl (C=O) groups is 1. The molecular formula is C14H22N2O. The van der Waals surface area contributed by atoms with Gasteiger partial charge in [0, 0.05) is 24.3 Å². The number of benzene rings is 1. The van der Waals surface area contributed by atoms with Gasteiger partial charge < -0.3 is 10.6 Å². The highest BCUT2D eigenvalue weighted by atomic mass is 16.1. The van der Waals surface area contributed by atoms with Gasteiger partial charge in [-0.2, -0.15) is 0 Å². The van der Waals surface area contributed by atoms with Gasteiger partial charge >= 0.3 is 0 Å². The summed E-state index contributed by atoms with van der Waals surface area (Å²) in [5, 5.41) is 6.03. The van der Waals surface area contributed by atoms with Crippen molar-refractivity contribution >= 4 is 11.6 Å². The molecule has 0 aliphatic heterocycles. The van der Waals surface area contributed by atoms with E-state index in [0.717, 1.165) is 12.1 Å². The molecule has 0 saturated heterocycles. The fraction of sp³-hybridized carbons (Fsp3) is 0.500. The fourth-order valence-electron chi connectivity index (χ4n) is 1.91. The number of amides is 1. The van der Waals surface area contributed by atoms with Crippen molar-refractivity contribution in [2.45, 2.75) is 33.2 Å². The largest absolute Gasteiger partial charge is 0.383 e. The molecule has 0 bridgehead atoms. The van der Waals surface area contributed by atoms with Gasteiger partial charge in [-0.15, -0.1) is 0 Å². The zero-order valence-electron chi connectivity index (χ0n) is 11.1. The molecule has 1 atom stereocenters. The lowest BCUT2D eigenvalue weighted by molar-refractivity contribution is 0.0963. The minimum Gasteiger partial charge on any atom is -0.383 e. The number of anilines is 1. The predicted octanol–water partition coefficient (Wildman–Crippen LogP) is 2.89. The summed E-state index contributed by atoms with van der Waals surface area (Å²) in [5.74, 6) is 0.634. The molecule has 94 valence electrons. The van der Waals surface area contributed by atoms with Gasteiger partial charge in [0.05, 0.1) is 0 Å². The van der Waals surface area contributed by atoms with Gasteiger partial charge in [0.1, 0.15) is 0 Å². The smallest absolute Gasteiger partial charge is 0.251 e. The average molecular weight is 234 g/mol. The topological polar surface area (TPSA) is 41.1 Å². The molecule has 0 aromatic heterocycles. The second-order valence-corrected chi connectivity index (χ2v) is 4.83. The van der Waals surface area contributed by atoms with Crippen LogP contribution in [0.5, 0.6) is 0 Å². The van der Waals surface area contributed by atoms with Crippen molar-refractivity contribution in [2.75, 3.05) is 12.4 Å². The highest BCUT2D eigenvalue weighted by Gasteiger charge is 2.06. The number of rotatable bonds is 5. The number of nitrogens with one attached hydrogen (secondary N) is 2. The first-order chi connectivity index (χ1) is 8.02. The van der Waals surface area contributed by atoms with Gasteiger partial charge in [0.2, 0.25) is 0 Å². The van der Waals surface area contributed by atoms with E-state index in [1.165, 1.54) is 0 Å². The maximum Gasteiger partial charge on any atom is 0.251 e. The molecule has 3 heteroatoms. The monoisotopic (exact) mass is 234 g/mol. The van der Waals surface area contributed by atoms with E-state index >= 15 is 0 Å². The van der Waals surface area contributed by atoms with Gasteiger partial charge in [0.15, 0.2) is 0 Å². The molecule has 0 fully saturated rings. The van der Waals surface area contributed by atoms with Crippen molar-refractivity contribution in [3.8, 4) is 0 Å². The summed E-state index contributed by atoms with van der Waals surface area (Å²) < 4.78 is 0. The zero-order chi connectivity index (χ0) is 12.8. The minimum atomic E-state index is -0.0493. The van der Waals surface area contributed by atoms with Crippen molar-refractivity contribution in [3.63, 3.8) is 0 Å². The van der Waals surface area contributed by atoms with E-state index < -0.39 is 0 Å². The van der Waals surface area contributed by atoms with E-state index in [0.29, 0.717) is 17.5 Å². The van der Waals surface area contributed by atoms with Crippen LogP contribution in [0.4, 0.5) is 5.69 Å². The molecule has 1 amide bonds. The summed E-state index contributed by atoms with van der Waals surface area (Å²) in [4.78, 5) is 11.4. The third kappa shape index (κ3) is 4.47. The Kier molecular flexibility index (Phi) is 5.01. The lowest BCUT2D eigenvalue weighted by atomic mass is 10.0. The highest BCUT2D eigenvalue weighted by Crippen LogP contribution is 2.14. The molecule has 0 aliphatic carbocycles. The molecular weight excluding hydrogens is 212 g/mol. The van der Waals surface area contributed by atoms with Crippen molar-refractivity contribution < 1.29 is 4.79 Å². The van der Waals surface area contributed by atoms with Crippen molar-refractivity contribution in [2.24, 2.45) is 5.92 Å². The molecule has 17 heavy (non-hydrogen) atoms. The Morgan fingerprint density at radius 1 is 1.18 bits per heavy atom. The molecule has 2 N–H and O–H groups in total. The molecule has 1 aromatic rings. The molecule has 0 aliphatic rings. The number of hydrogen-bond acceptors (Lipinski definition) is 2. The standard InChI is InChI=1S/C14H22N2O/c1-10(2)9-11(3)16-13-7-5-12(6-8-13)14(17)15-4/h5-8,10-11,16H,9H2,1-4H3,(H,15,17)/t11-/m1/s1. The second-order valence-electron chi connectivity index (χ2n) is 4.83. The van der Waals surface area contributed by atoms with E-state index in [1.807, 2.05) is 24.3 Å².